The van der Waals surface area contributed by atoms with Gasteiger partial charge in [0.25, 0.3) is 0 Å². The first-order valence-electron chi connectivity index (χ1n) is 9.95. The van der Waals surface area contributed by atoms with E-state index < -0.39 is 0 Å². The molecule has 0 amide bonds. The fourth-order valence-electron chi connectivity index (χ4n) is 1.69. The smallest absolute Gasteiger partial charge is 0.0213 e. The Morgan fingerprint density at radius 1 is 1.12 bits per heavy atom. The molecule has 0 fully saturated rings. The summed E-state index contributed by atoms with van der Waals surface area (Å²) in [6, 6.07) is 0. The third-order valence-electron chi connectivity index (χ3n) is 3.19. The Morgan fingerprint density at radius 2 is 1.52 bits per heavy atom. The van der Waals surface area contributed by atoms with Gasteiger partial charge in [0.1, 0.15) is 0 Å². The maximum Gasteiger partial charge on any atom is -0.0213 e. The summed E-state index contributed by atoms with van der Waals surface area (Å²) in [6.07, 6.45) is 16.3. The summed E-state index contributed by atoms with van der Waals surface area (Å²) in [5.41, 5.74) is 4.05. The van der Waals surface area contributed by atoms with Gasteiger partial charge in [-0.05, 0) is 57.1 Å². The molecule has 1 aliphatic carbocycles. The third-order valence-corrected chi connectivity index (χ3v) is 3.19. The van der Waals surface area contributed by atoms with Crippen molar-refractivity contribution < 1.29 is 0 Å². The molecule has 0 aliphatic heterocycles. The minimum absolute atomic E-state index is 0.686. The van der Waals surface area contributed by atoms with Crippen molar-refractivity contribution in [3.05, 3.63) is 59.8 Å². The Bertz CT molecular complexity index is 399. The average molecular weight is 347 g/mol. The normalized spacial score (nSPS) is 16.0. The van der Waals surface area contributed by atoms with E-state index in [1.165, 1.54) is 29.6 Å². The van der Waals surface area contributed by atoms with Crippen molar-refractivity contribution in [2.45, 2.75) is 88.5 Å². The number of hydrogen-bond acceptors (Lipinski definition) is 0. The first kappa shape index (κ1) is 28.5. The van der Waals surface area contributed by atoms with Crippen LogP contribution < -0.4 is 0 Å². The lowest BCUT2D eigenvalue weighted by Gasteiger charge is -2.17. The molecule has 0 heteroatoms. The highest BCUT2D eigenvalue weighted by Crippen LogP contribution is 2.27. The lowest BCUT2D eigenvalue weighted by molar-refractivity contribution is 0.705. The molecule has 0 radical (unpaired) electrons. The standard InChI is InChI=1S/C11H16.C6H10.2C4H10/c1-8(2)11-7-9(3)5-6-10(11)4;1-3-5-6-4-2;1-4(2)3;1-3-4-2/h5-6,9H,1,7H2,2-4H3;3-6H,1-2H3;4H,1-3H3;3-4H2,1-2H3/b;5-3-,6-4-;;. The zero-order valence-corrected chi connectivity index (χ0v) is 18.9. The Kier molecular flexibility index (Phi) is 23.6. The van der Waals surface area contributed by atoms with Crippen LogP contribution in [-0.2, 0) is 0 Å². The predicted octanol–water partition coefficient (Wildman–Crippen LogP) is 9.08. The Balaban J connectivity index is -0.000000294. The van der Waals surface area contributed by atoms with E-state index in [2.05, 4.69) is 74.1 Å². The molecule has 0 aromatic carbocycles. The molecule has 25 heavy (non-hydrogen) atoms. The van der Waals surface area contributed by atoms with Gasteiger partial charge in [-0.15, -0.1) is 0 Å². The Morgan fingerprint density at radius 3 is 1.76 bits per heavy atom. The molecule has 0 N–H and O–H groups in total. The van der Waals surface area contributed by atoms with Crippen molar-refractivity contribution in [2.24, 2.45) is 11.8 Å². The molecule has 1 unspecified atom stereocenters. The van der Waals surface area contributed by atoms with Crippen LogP contribution in [0.15, 0.2) is 59.8 Å². The Hall–Kier alpha value is -1.30. The van der Waals surface area contributed by atoms with Gasteiger partial charge in [0.05, 0.1) is 0 Å². The molecule has 1 rings (SSSR count). The average Bonchev–Trinajstić information content (AvgIpc) is 2.55. The van der Waals surface area contributed by atoms with Crippen molar-refractivity contribution in [3.8, 4) is 0 Å². The van der Waals surface area contributed by atoms with Crippen LogP contribution >= 0.6 is 0 Å². The highest BCUT2D eigenvalue weighted by Gasteiger charge is 2.10. The van der Waals surface area contributed by atoms with Gasteiger partial charge >= 0.3 is 0 Å². The highest BCUT2D eigenvalue weighted by atomic mass is 14.1. The molecule has 0 saturated heterocycles. The van der Waals surface area contributed by atoms with Gasteiger partial charge < -0.3 is 0 Å². The number of allylic oxidation sites excluding steroid dienone is 9. The van der Waals surface area contributed by atoms with E-state index in [0.29, 0.717) is 5.92 Å². The van der Waals surface area contributed by atoms with E-state index in [1.807, 2.05) is 38.2 Å². The molecule has 146 valence electrons. The fourth-order valence-corrected chi connectivity index (χ4v) is 1.69. The summed E-state index contributed by atoms with van der Waals surface area (Å²) in [4.78, 5) is 0. The van der Waals surface area contributed by atoms with E-state index in [0.717, 1.165) is 12.3 Å². The molecule has 0 saturated carbocycles. The molecular weight excluding hydrogens is 300 g/mol. The van der Waals surface area contributed by atoms with Crippen molar-refractivity contribution in [1.29, 1.82) is 0 Å². The van der Waals surface area contributed by atoms with Crippen molar-refractivity contribution in [3.63, 3.8) is 0 Å². The summed E-state index contributed by atoms with van der Waals surface area (Å²) in [5.74, 6) is 1.52. The highest BCUT2D eigenvalue weighted by molar-refractivity contribution is 5.39. The summed E-state index contributed by atoms with van der Waals surface area (Å²) in [6.45, 7) is 25.3. The zero-order chi connectivity index (χ0) is 20.3. The molecule has 1 aliphatic rings. The fraction of sp³-hybridized carbons (Fsp3) is 0.600. The lowest BCUT2D eigenvalue weighted by atomic mass is 9.88. The predicted molar refractivity (Wildman–Crippen MR) is 121 cm³/mol. The van der Waals surface area contributed by atoms with Crippen LogP contribution in [0.3, 0.4) is 0 Å². The van der Waals surface area contributed by atoms with Crippen LogP contribution in [0.2, 0.25) is 0 Å². The minimum atomic E-state index is 0.686. The molecule has 1 atom stereocenters. The molecule has 0 aromatic rings. The molecule has 0 nitrogen and oxygen atoms in total. The Labute approximate surface area is 160 Å². The number of hydrogen-bond donors (Lipinski definition) is 0. The first-order valence-corrected chi connectivity index (χ1v) is 9.95. The van der Waals surface area contributed by atoms with Crippen LogP contribution in [0.5, 0.6) is 0 Å². The summed E-state index contributed by atoms with van der Waals surface area (Å²) in [5, 5.41) is 0. The van der Waals surface area contributed by atoms with Crippen LogP contribution in [0.25, 0.3) is 0 Å². The van der Waals surface area contributed by atoms with Gasteiger partial charge in [-0.25, -0.2) is 0 Å². The maximum absolute atomic E-state index is 3.97. The SMILES string of the molecule is C/C=C\C=C/C.C=C(C)C1=C(C)C=CC(C)C1.CC(C)C.CCCC. The molecular formula is C25H46. The van der Waals surface area contributed by atoms with Gasteiger partial charge in [-0.1, -0.05) is 103 Å². The van der Waals surface area contributed by atoms with Crippen LogP contribution in [0.1, 0.15) is 88.5 Å². The molecule has 0 heterocycles. The molecule has 0 bridgehead atoms. The lowest BCUT2D eigenvalue weighted by Crippen LogP contribution is -2.01. The molecule has 0 aromatic heterocycles. The maximum atomic E-state index is 3.97. The summed E-state index contributed by atoms with van der Waals surface area (Å²) in [7, 11) is 0. The van der Waals surface area contributed by atoms with Crippen molar-refractivity contribution in [2.75, 3.05) is 0 Å². The van der Waals surface area contributed by atoms with E-state index in [1.54, 1.807) is 0 Å². The largest absolute Gasteiger partial charge is 0.0958 e. The number of rotatable bonds is 3. The van der Waals surface area contributed by atoms with Gasteiger partial charge in [0, 0.05) is 0 Å². The monoisotopic (exact) mass is 346 g/mol. The zero-order valence-electron chi connectivity index (χ0n) is 18.9. The van der Waals surface area contributed by atoms with Crippen molar-refractivity contribution >= 4 is 0 Å². The first-order chi connectivity index (χ1) is 11.7. The van der Waals surface area contributed by atoms with Crippen LogP contribution in [0, 0.1) is 11.8 Å². The second-order valence-electron chi connectivity index (χ2n) is 7.27. The van der Waals surface area contributed by atoms with E-state index in [9.17, 15) is 0 Å². The summed E-state index contributed by atoms with van der Waals surface area (Å²) >= 11 is 0. The van der Waals surface area contributed by atoms with Gasteiger partial charge in [-0.3, -0.25) is 0 Å². The van der Waals surface area contributed by atoms with Gasteiger partial charge in [0.2, 0.25) is 0 Å². The number of unbranched alkanes of at least 4 members (excludes halogenated alkanes) is 1. The summed E-state index contributed by atoms with van der Waals surface area (Å²) < 4.78 is 0. The molecule has 0 spiro atoms. The van der Waals surface area contributed by atoms with E-state index in [-0.39, 0.29) is 0 Å². The van der Waals surface area contributed by atoms with E-state index >= 15 is 0 Å². The van der Waals surface area contributed by atoms with Crippen molar-refractivity contribution in [1.82, 2.24) is 0 Å². The van der Waals surface area contributed by atoms with Crippen LogP contribution in [-0.4, -0.2) is 0 Å². The van der Waals surface area contributed by atoms with E-state index in [4.69, 9.17) is 0 Å². The topological polar surface area (TPSA) is 0 Å². The van der Waals surface area contributed by atoms with Gasteiger partial charge in [0.15, 0.2) is 0 Å². The van der Waals surface area contributed by atoms with Crippen LogP contribution in [0.4, 0.5) is 0 Å². The minimum Gasteiger partial charge on any atom is -0.0958 e. The van der Waals surface area contributed by atoms with Gasteiger partial charge in [-0.2, -0.15) is 0 Å². The quantitative estimate of drug-likeness (QED) is 0.447. The second-order valence-corrected chi connectivity index (χ2v) is 7.27. The third kappa shape index (κ3) is 25.1. The second kappa shape index (κ2) is 20.7.